The predicted octanol–water partition coefficient (Wildman–Crippen LogP) is 2.81. The summed E-state index contributed by atoms with van der Waals surface area (Å²) in [5.74, 6) is 0.454. The van der Waals surface area contributed by atoms with Crippen LogP contribution in [0.25, 0.3) is 0 Å². The number of rotatable bonds is 0. The number of hydrogen-bond donors (Lipinski definition) is 1. The van der Waals surface area contributed by atoms with Crippen LogP contribution in [-0.4, -0.2) is 11.1 Å². The first-order chi connectivity index (χ1) is 8.50. The summed E-state index contributed by atoms with van der Waals surface area (Å²) in [5.41, 5.74) is 4.28. The van der Waals surface area contributed by atoms with Gasteiger partial charge in [0, 0.05) is 11.5 Å². The Balaban J connectivity index is 2.18. The van der Waals surface area contributed by atoms with Crippen LogP contribution < -0.4 is 0 Å². The van der Waals surface area contributed by atoms with E-state index >= 15 is 0 Å². The Morgan fingerprint density at radius 2 is 2.11 bits per heavy atom. The number of esters is 1. The van der Waals surface area contributed by atoms with Gasteiger partial charge in [-0.3, -0.25) is 4.79 Å². The Hall–Kier alpha value is -1.51. The van der Waals surface area contributed by atoms with Crippen molar-refractivity contribution in [3.05, 3.63) is 28.3 Å². The maximum atomic E-state index is 11.7. The minimum Gasteiger partial charge on any atom is -0.508 e. The number of fused-ring (bicyclic) bond motifs is 3. The van der Waals surface area contributed by atoms with Crippen LogP contribution in [-0.2, 0) is 16.0 Å². The lowest BCUT2D eigenvalue weighted by atomic mass is 9.74. The fraction of sp³-hybridized carbons (Fsp3) is 0.533. The number of carbonyl (C=O) groups is 1. The van der Waals surface area contributed by atoms with E-state index in [1.807, 2.05) is 26.8 Å². The molecule has 3 heteroatoms. The number of ether oxygens (including phenoxy) is 1. The smallest absolute Gasteiger partial charge is 0.309 e. The molecule has 3 nitrogen and oxygen atoms in total. The van der Waals surface area contributed by atoms with E-state index in [4.69, 9.17) is 4.74 Å². The molecule has 0 aromatic heterocycles. The van der Waals surface area contributed by atoms with Crippen molar-refractivity contribution in [3.63, 3.8) is 0 Å². The maximum absolute atomic E-state index is 11.7. The molecule has 96 valence electrons. The first-order valence-electron chi connectivity index (χ1n) is 6.53. The third-order valence-electron chi connectivity index (χ3n) is 4.60. The van der Waals surface area contributed by atoms with Gasteiger partial charge in [0.1, 0.15) is 11.9 Å². The lowest BCUT2D eigenvalue weighted by Crippen LogP contribution is -2.22. The zero-order valence-corrected chi connectivity index (χ0v) is 11.0. The van der Waals surface area contributed by atoms with Crippen molar-refractivity contribution < 1.29 is 14.6 Å². The molecule has 0 radical (unpaired) electrons. The van der Waals surface area contributed by atoms with E-state index in [-0.39, 0.29) is 23.9 Å². The van der Waals surface area contributed by atoms with E-state index in [2.05, 4.69) is 0 Å². The normalized spacial score (nSPS) is 29.7. The Kier molecular flexibility index (Phi) is 2.40. The molecule has 1 heterocycles. The molecule has 2 aliphatic rings. The van der Waals surface area contributed by atoms with Crippen LogP contribution in [0.1, 0.15) is 41.7 Å². The van der Waals surface area contributed by atoms with Gasteiger partial charge in [0.2, 0.25) is 0 Å². The van der Waals surface area contributed by atoms with E-state index in [9.17, 15) is 9.90 Å². The molecule has 0 bridgehead atoms. The van der Waals surface area contributed by atoms with Gasteiger partial charge in [-0.1, -0.05) is 6.92 Å². The van der Waals surface area contributed by atoms with E-state index in [0.29, 0.717) is 5.75 Å². The Labute approximate surface area is 107 Å². The summed E-state index contributed by atoms with van der Waals surface area (Å²) in [7, 11) is 0. The number of aromatic hydroxyl groups is 1. The average molecular weight is 246 g/mol. The van der Waals surface area contributed by atoms with Crippen LogP contribution in [0.15, 0.2) is 6.07 Å². The second kappa shape index (κ2) is 3.74. The summed E-state index contributed by atoms with van der Waals surface area (Å²) < 4.78 is 5.54. The molecule has 1 aliphatic heterocycles. The van der Waals surface area contributed by atoms with E-state index in [1.165, 1.54) is 5.56 Å². The van der Waals surface area contributed by atoms with Gasteiger partial charge < -0.3 is 9.84 Å². The van der Waals surface area contributed by atoms with Gasteiger partial charge >= 0.3 is 5.97 Å². The van der Waals surface area contributed by atoms with Crippen molar-refractivity contribution in [2.75, 3.05) is 0 Å². The third-order valence-corrected chi connectivity index (χ3v) is 4.60. The van der Waals surface area contributed by atoms with Crippen molar-refractivity contribution in [2.24, 2.45) is 11.8 Å². The number of phenolic OH excluding ortho intramolecular Hbond substituents is 1. The SMILES string of the molecule is Cc1cc(O)c(C)c2c1CC[C@H]1[C@H](C)C(=O)O[C@@H]21. The molecule has 1 aromatic carbocycles. The largest absolute Gasteiger partial charge is 0.508 e. The summed E-state index contributed by atoms with van der Waals surface area (Å²) in [6.07, 6.45) is 1.82. The van der Waals surface area contributed by atoms with Crippen LogP contribution >= 0.6 is 0 Å². The second-order valence-electron chi connectivity index (χ2n) is 5.58. The first kappa shape index (κ1) is 11.6. The van der Waals surface area contributed by atoms with Crippen LogP contribution in [0, 0.1) is 25.7 Å². The van der Waals surface area contributed by atoms with Gasteiger partial charge in [-0.05, 0) is 49.4 Å². The molecule has 0 spiro atoms. The molecule has 0 saturated carbocycles. The molecule has 0 amide bonds. The molecule has 18 heavy (non-hydrogen) atoms. The minimum absolute atomic E-state index is 0.0230. The monoisotopic (exact) mass is 246 g/mol. The van der Waals surface area contributed by atoms with Crippen molar-refractivity contribution in [2.45, 2.75) is 39.7 Å². The van der Waals surface area contributed by atoms with Gasteiger partial charge in [-0.25, -0.2) is 0 Å². The molecule has 1 fully saturated rings. The summed E-state index contributed by atoms with van der Waals surface area (Å²) in [4.78, 5) is 11.7. The summed E-state index contributed by atoms with van der Waals surface area (Å²) >= 11 is 0. The lowest BCUT2D eigenvalue weighted by Gasteiger charge is -2.30. The number of benzene rings is 1. The highest BCUT2D eigenvalue weighted by molar-refractivity contribution is 5.75. The standard InChI is InChI=1S/C15H18O3/c1-7-6-12(16)9(3)13-10(7)4-5-11-8(2)15(17)18-14(11)13/h6,8,11,14,16H,4-5H2,1-3H3/t8-,11-,14+/m0/s1. The molecule has 3 atom stereocenters. The lowest BCUT2D eigenvalue weighted by molar-refractivity contribution is -0.144. The van der Waals surface area contributed by atoms with Crippen LogP contribution in [0.2, 0.25) is 0 Å². The van der Waals surface area contributed by atoms with Crippen LogP contribution in [0.3, 0.4) is 0 Å². The molecule has 0 unspecified atom stereocenters. The summed E-state index contributed by atoms with van der Waals surface area (Å²) in [6, 6.07) is 1.81. The number of phenols is 1. The van der Waals surface area contributed by atoms with Crippen LogP contribution in [0.4, 0.5) is 0 Å². The van der Waals surface area contributed by atoms with Crippen LogP contribution in [0.5, 0.6) is 5.75 Å². The van der Waals surface area contributed by atoms with Gasteiger partial charge in [0.25, 0.3) is 0 Å². The highest BCUT2D eigenvalue weighted by Crippen LogP contribution is 2.49. The molecule has 1 aromatic rings. The number of aryl methyl sites for hydroxylation is 1. The molecular weight excluding hydrogens is 228 g/mol. The fourth-order valence-electron chi connectivity index (χ4n) is 3.44. The topological polar surface area (TPSA) is 46.5 Å². The quantitative estimate of drug-likeness (QED) is 0.716. The molecule has 1 N–H and O–H groups in total. The van der Waals surface area contributed by atoms with Crippen molar-refractivity contribution in [1.29, 1.82) is 0 Å². The molecule has 3 rings (SSSR count). The average Bonchev–Trinajstić information content (AvgIpc) is 2.62. The van der Waals surface area contributed by atoms with Gasteiger partial charge in [-0.2, -0.15) is 0 Å². The van der Waals surface area contributed by atoms with E-state index in [0.717, 1.165) is 29.5 Å². The third kappa shape index (κ3) is 1.39. The fourth-order valence-corrected chi connectivity index (χ4v) is 3.44. The Morgan fingerprint density at radius 3 is 2.83 bits per heavy atom. The zero-order chi connectivity index (χ0) is 13.0. The minimum atomic E-state index is -0.151. The van der Waals surface area contributed by atoms with Crippen molar-refractivity contribution in [1.82, 2.24) is 0 Å². The Morgan fingerprint density at radius 1 is 1.39 bits per heavy atom. The maximum Gasteiger partial charge on any atom is 0.309 e. The highest BCUT2D eigenvalue weighted by atomic mass is 16.6. The Bertz CT molecular complexity index is 533. The number of hydrogen-bond acceptors (Lipinski definition) is 3. The molecular formula is C15H18O3. The predicted molar refractivity (Wildman–Crippen MR) is 67.4 cm³/mol. The van der Waals surface area contributed by atoms with E-state index in [1.54, 1.807) is 0 Å². The van der Waals surface area contributed by atoms with Gasteiger partial charge in [0.05, 0.1) is 5.92 Å². The van der Waals surface area contributed by atoms with Gasteiger partial charge in [0.15, 0.2) is 0 Å². The second-order valence-corrected chi connectivity index (χ2v) is 5.58. The summed E-state index contributed by atoms with van der Waals surface area (Å²) in [5, 5.41) is 9.97. The molecule has 1 aliphatic carbocycles. The van der Waals surface area contributed by atoms with Crippen molar-refractivity contribution in [3.8, 4) is 5.75 Å². The summed E-state index contributed by atoms with van der Waals surface area (Å²) in [6.45, 7) is 5.87. The van der Waals surface area contributed by atoms with Gasteiger partial charge in [-0.15, -0.1) is 0 Å². The van der Waals surface area contributed by atoms with Crippen molar-refractivity contribution >= 4 is 5.97 Å². The first-order valence-corrected chi connectivity index (χ1v) is 6.53. The van der Waals surface area contributed by atoms with E-state index < -0.39 is 0 Å². The molecule has 1 saturated heterocycles. The zero-order valence-electron chi connectivity index (χ0n) is 11.0. The highest BCUT2D eigenvalue weighted by Gasteiger charge is 2.46. The number of carbonyl (C=O) groups excluding carboxylic acids is 1.